The van der Waals surface area contributed by atoms with Crippen LogP contribution in [0.5, 0.6) is 0 Å². The van der Waals surface area contributed by atoms with E-state index in [1.54, 1.807) is 12.3 Å². The Kier molecular flexibility index (Phi) is 2.08. The van der Waals surface area contributed by atoms with Gasteiger partial charge in [-0.3, -0.25) is 4.99 Å². The minimum absolute atomic E-state index is 0.0650. The first kappa shape index (κ1) is 8.35. The Bertz CT molecular complexity index is 337. The summed E-state index contributed by atoms with van der Waals surface area (Å²) in [6.07, 6.45) is 7.30. The topological polar surface area (TPSA) is 12.4 Å². The van der Waals surface area contributed by atoms with Crippen LogP contribution in [0.2, 0.25) is 0 Å². The van der Waals surface area contributed by atoms with Gasteiger partial charge in [0.05, 0.1) is 5.70 Å². The molecule has 1 nitrogen and oxygen atoms in total. The van der Waals surface area contributed by atoms with Crippen LogP contribution in [0.1, 0.15) is 6.42 Å². The molecular formula is C10H9F2N. The highest BCUT2D eigenvalue weighted by Crippen LogP contribution is 2.33. The molecule has 3 heteroatoms. The second-order valence-corrected chi connectivity index (χ2v) is 3.05. The van der Waals surface area contributed by atoms with E-state index in [4.69, 9.17) is 0 Å². The van der Waals surface area contributed by atoms with E-state index in [0.717, 1.165) is 0 Å². The summed E-state index contributed by atoms with van der Waals surface area (Å²) in [7, 11) is 0. The average Bonchev–Trinajstić information content (AvgIpc) is 2.18. The first-order valence-corrected chi connectivity index (χ1v) is 4.19. The lowest BCUT2D eigenvalue weighted by molar-refractivity contribution is 0.501. The van der Waals surface area contributed by atoms with E-state index < -0.39 is 12.5 Å². The van der Waals surface area contributed by atoms with Crippen LogP contribution < -0.4 is 0 Å². The molecule has 0 saturated heterocycles. The van der Waals surface area contributed by atoms with Crippen molar-refractivity contribution in [3.63, 3.8) is 0 Å². The van der Waals surface area contributed by atoms with Gasteiger partial charge >= 0.3 is 0 Å². The Labute approximate surface area is 75.2 Å². The molecule has 2 rings (SSSR count). The monoisotopic (exact) mass is 181 g/mol. The highest BCUT2D eigenvalue weighted by Gasteiger charge is 2.23. The number of dihydropyridines is 1. The molecule has 0 aromatic carbocycles. The number of nitrogens with zero attached hydrogens (tertiary/aromatic N) is 1. The minimum Gasteiger partial charge on any atom is -0.260 e. The Morgan fingerprint density at radius 3 is 3.15 bits per heavy atom. The highest BCUT2D eigenvalue weighted by atomic mass is 19.1. The smallest absolute Gasteiger partial charge is 0.126 e. The second-order valence-electron chi connectivity index (χ2n) is 3.05. The molecule has 0 radical (unpaired) electrons. The van der Waals surface area contributed by atoms with Gasteiger partial charge < -0.3 is 0 Å². The summed E-state index contributed by atoms with van der Waals surface area (Å²) in [5, 5.41) is 0. The van der Waals surface area contributed by atoms with Crippen molar-refractivity contribution in [3.05, 3.63) is 35.3 Å². The van der Waals surface area contributed by atoms with Crippen LogP contribution in [0.3, 0.4) is 0 Å². The molecule has 1 aliphatic heterocycles. The number of hydrogen-bond donors (Lipinski definition) is 0. The zero-order valence-electron chi connectivity index (χ0n) is 7.00. The molecule has 1 heterocycles. The van der Waals surface area contributed by atoms with Crippen LogP contribution in [-0.2, 0) is 0 Å². The number of allylic oxidation sites excluding steroid dienone is 5. The van der Waals surface area contributed by atoms with Gasteiger partial charge in [0, 0.05) is 17.7 Å². The van der Waals surface area contributed by atoms with Crippen LogP contribution in [0.25, 0.3) is 0 Å². The van der Waals surface area contributed by atoms with Gasteiger partial charge in [-0.1, -0.05) is 6.08 Å². The predicted molar refractivity (Wildman–Crippen MR) is 47.9 cm³/mol. The van der Waals surface area contributed by atoms with Gasteiger partial charge in [-0.25, -0.2) is 8.78 Å². The molecule has 0 saturated carbocycles. The second kappa shape index (κ2) is 3.24. The van der Waals surface area contributed by atoms with E-state index in [9.17, 15) is 8.78 Å². The molecular weight excluding hydrogens is 172 g/mol. The standard InChI is InChI=1S/C10H9F2N/c11-6-8-9(12)4-3-7-2-1-5-13-10(7)8/h1-2,4-5,7H,3,6H2. The lowest BCUT2D eigenvalue weighted by atomic mass is 9.90. The first-order valence-electron chi connectivity index (χ1n) is 4.19. The van der Waals surface area contributed by atoms with Crippen molar-refractivity contribution in [2.75, 3.05) is 6.67 Å². The molecule has 68 valence electrons. The number of aliphatic imine (C=N–C) groups is 1. The summed E-state index contributed by atoms with van der Waals surface area (Å²) in [6, 6.07) is 0. The maximum Gasteiger partial charge on any atom is 0.126 e. The van der Waals surface area contributed by atoms with Crippen LogP contribution >= 0.6 is 0 Å². The Balaban J connectivity index is 2.44. The van der Waals surface area contributed by atoms with Gasteiger partial charge in [-0.15, -0.1) is 0 Å². The van der Waals surface area contributed by atoms with Crippen LogP contribution in [-0.4, -0.2) is 12.9 Å². The van der Waals surface area contributed by atoms with Gasteiger partial charge in [0.15, 0.2) is 0 Å². The van der Waals surface area contributed by atoms with E-state index in [0.29, 0.717) is 12.1 Å². The van der Waals surface area contributed by atoms with Gasteiger partial charge in [-0.2, -0.15) is 0 Å². The first-order chi connectivity index (χ1) is 6.33. The third-order valence-corrected chi connectivity index (χ3v) is 2.28. The molecule has 0 fully saturated rings. The molecule has 0 aromatic heterocycles. The Morgan fingerprint density at radius 1 is 1.54 bits per heavy atom. The zero-order valence-corrected chi connectivity index (χ0v) is 7.00. The number of halogens is 2. The third kappa shape index (κ3) is 1.34. The Morgan fingerprint density at radius 2 is 2.38 bits per heavy atom. The van der Waals surface area contributed by atoms with Crippen molar-refractivity contribution in [2.24, 2.45) is 10.9 Å². The molecule has 0 amide bonds. The summed E-state index contributed by atoms with van der Waals surface area (Å²) in [4.78, 5) is 4.00. The van der Waals surface area contributed by atoms with Crippen molar-refractivity contribution in [1.29, 1.82) is 0 Å². The maximum absolute atomic E-state index is 13.1. The molecule has 1 unspecified atom stereocenters. The van der Waals surface area contributed by atoms with E-state index in [-0.39, 0.29) is 11.5 Å². The third-order valence-electron chi connectivity index (χ3n) is 2.28. The lowest BCUT2D eigenvalue weighted by Gasteiger charge is -2.21. The molecule has 0 bridgehead atoms. The van der Waals surface area contributed by atoms with Crippen LogP contribution in [0.4, 0.5) is 8.78 Å². The van der Waals surface area contributed by atoms with E-state index in [1.165, 1.54) is 6.08 Å². The van der Waals surface area contributed by atoms with Crippen molar-refractivity contribution in [3.8, 4) is 0 Å². The number of rotatable bonds is 1. The fraction of sp³-hybridized carbons (Fsp3) is 0.300. The minimum atomic E-state index is -0.778. The normalized spacial score (nSPS) is 26.0. The quantitative estimate of drug-likeness (QED) is 0.589. The molecule has 0 spiro atoms. The number of fused-ring (bicyclic) bond motifs is 1. The van der Waals surface area contributed by atoms with Gasteiger partial charge in [0.25, 0.3) is 0 Å². The summed E-state index contributed by atoms with van der Waals surface area (Å²) in [5.41, 5.74) is 0.654. The van der Waals surface area contributed by atoms with Gasteiger partial charge in [0.1, 0.15) is 12.5 Å². The molecule has 1 aliphatic carbocycles. The summed E-state index contributed by atoms with van der Waals surface area (Å²) >= 11 is 0. The largest absolute Gasteiger partial charge is 0.260 e. The lowest BCUT2D eigenvalue weighted by Crippen LogP contribution is -2.11. The molecule has 0 aromatic rings. The maximum atomic E-state index is 13.1. The van der Waals surface area contributed by atoms with Crippen molar-refractivity contribution in [1.82, 2.24) is 0 Å². The van der Waals surface area contributed by atoms with Crippen LogP contribution in [0, 0.1) is 5.92 Å². The van der Waals surface area contributed by atoms with Crippen molar-refractivity contribution < 1.29 is 8.78 Å². The Hall–Kier alpha value is -1.25. The van der Waals surface area contributed by atoms with Crippen molar-refractivity contribution >= 4 is 6.21 Å². The predicted octanol–water partition coefficient (Wildman–Crippen LogP) is 2.72. The summed E-state index contributed by atoms with van der Waals surface area (Å²) in [6.45, 7) is -0.778. The zero-order chi connectivity index (χ0) is 9.26. The molecule has 13 heavy (non-hydrogen) atoms. The molecule has 2 aliphatic rings. The van der Waals surface area contributed by atoms with Crippen molar-refractivity contribution in [2.45, 2.75) is 6.42 Å². The van der Waals surface area contributed by atoms with Gasteiger partial charge in [-0.05, 0) is 18.6 Å². The fourth-order valence-electron chi connectivity index (χ4n) is 1.59. The average molecular weight is 181 g/mol. The van der Waals surface area contributed by atoms with Gasteiger partial charge in [0.2, 0.25) is 0 Å². The highest BCUT2D eigenvalue weighted by molar-refractivity contribution is 5.74. The fourth-order valence-corrected chi connectivity index (χ4v) is 1.59. The SMILES string of the molecule is FCC1=C2N=CC=CC2CC=C1F. The number of hydrogen-bond acceptors (Lipinski definition) is 1. The molecule has 1 atom stereocenters. The summed E-state index contributed by atoms with van der Waals surface area (Å²) in [5.74, 6) is -0.392. The molecule has 0 N–H and O–H groups in total. The summed E-state index contributed by atoms with van der Waals surface area (Å²) < 4.78 is 25.5. The number of alkyl halides is 1. The van der Waals surface area contributed by atoms with E-state index >= 15 is 0 Å². The van der Waals surface area contributed by atoms with E-state index in [1.807, 2.05) is 6.08 Å². The van der Waals surface area contributed by atoms with E-state index in [2.05, 4.69) is 4.99 Å². The van der Waals surface area contributed by atoms with Crippen LogP contribution in [0.15, 0.2) is 40.3 Å².